The van der Waals surface area contributed by atoms with Crippen molar-refractivity contribution in [2.45, 2.75) is 38.9 Å². The van der Waals surface area contributed by atoms with Crippen molar-refractivity contribution in [1.82, 2.24) is 20.4 Å². The first kappa shape index (κ1) is 19.7. The molecule has 2 N–H and O–H groups in total. The number of benzene rings is 2. The van der Waals surface area contributed by atoms with E-state index in [1.807, 2.05) is 24.0 Å². The fraction of sp³-hybridized carbons (Fsp3) is 0.304. The van der Waals surface area contributed by atoms with Crippen molar-refractivity contribution < 1.29 is 0 Å². The van der Waals surface area contributed by atoms with E-state index >= 15 is 0 Å². The summed E-state index contributed by atoms with van der Waals surface area (Å²) < 4.78 is 1.93. The highest BCUT2D eigenvalue weighted by Crippen LogP contribution is 2.07. The Balaban J connectivity index is 1.47. The fourth-order valence-electron chi connectivity index (χ4n) is 3.13. The van der Waals surface area contributed by atoms with E-state index in [-0.39, 0.29) is 0 Å². The Bertz CT molecular complexity index is 856. The Kier molecular flexibility index (Phi) is 7.24. The molecule has 1 aromatic heterocycles. The van der Waals surface area contributed by atoms with Gasteiger partial charge in [-0.1, -0.05) is 54.6 Å². The van der Waals surface area contributed by atoms with Gasteiger partial charge in [0.1, 0.15) is 0 Å². The molecule has 146 valence electrons. The first-order valence-electron chi connectivity index (χ1n) is 9.79. The van der Waals surface area contributed by atoms with Crippen molar-refractivity contribution in [3.63, 3.8) is 0 Å². The third-order valence-corrected chi connectivity index (χ3v) is 4.67. The summed E-state index contributed by atoms with van der Waals surface area (Å²) in [5, 5.41) is 11.2. The van der Waals surface area contributed by atoms with Crippen molar-refractivity contribution >= 4 is 5.96 Å². The Morgan fingerprint density at radius 1 is 1.04 bits per heavy atom. The van der Waals surface area contributed by atoms with E-state index in [2.05, 4.69) is 82.2 Å². The van der Waals surface area contributed by atoms with Crippen LogP contribution in [0.15, 0.2) is 78.0 Å². The third kappa shape index (κ3) is 6.27. The molecule has 0 aliphatic heterocycles. The Labute approximate surface area is 167 Å². The van der Waals surface area contributed by atoms with Crippen LogP contribution in [0.5, 0.6) is 0 Å². The van der Waals surface area contributed by atoms with Gasteiger partial charge in [-0.15, -0.1) is 0 Å². The van der Waals surface area contributed by atoms with Crippen molar-refractivity contribution in [1.29, 1.82) is 0 Å². The van der Waals surface area contributed by atoms with Gasteiger partial charge in [-0.25, -0.2) is 0 Å². The standard InChI is InChI=1S/C23H29N5/c1-19(12-13-20-8-4-3-5-9-20)27-23(24-2)25-17-21-10-6-11-22(16-21)18-28-15-7-14-26-28/h3-11,14-16,19H,12-13,17-18H2,1-2H3,(H2,24,25,27). The number of hydrogen-bond donors (Lipinski definition) is 2. The minimum Gasteiger partial charge on any atom is -0.354 e. The quantitative estimate of drug-likeness (QED) is 0.467. The van der Waals surface area contributed by atoms with Crippen LogP contribution in [0.25, 0.3) is 0 Å². The van der Waals surface area contributed by atoms with Gasteiger partial charge in [0.25, 0.3) is 0 Å². The maximum atomic E-state index is 4.36. The van der Waals surface area contributed by atoms with Crippen LogP contribution in [0.1, 0.15) is 30.0 Å². The lowest BCUT2D eigenvalue weighted by atomic mass is 10.1. The Morgan fingerprint density at radius 3 is 2.57 bits per heavy atom. The monoisotopic (exact) mass is 375 g/mol. The maximum absolute atomic E-state index is 4.36. The Hall–Kier alpha value is -3.08. The number of nitrogens with zero attached hydrogens (tertiary/aromatic N) is 3. The number of guanidine groups is 1. The summed E-state index contributed by atoms with van der Waals surface area (Å²) in [5.41, 5.74) is 3.83. The van der Waals surface area contributed by atoms with Gasteiger partial charge in [0.15, 0.2) is 5.96 Å². The second-order valence-electron chi connectivity index (χ2n) is 7.02. The van der Waals surface area contributed by atoms with Crippen LogP contribution in [0.3, 0.4) is 0 Å². The second-order valence-corrected chi connectivity index (χ2v) is 7.02. The molecule has 3 rings (SSSR count). The van der Waals surface area contributed by atoms with Crippen LogP contribution in [-0.4, -0.2) is 28.8 Å². The molecule has 0 saturated carbocycles. The van der Waals surface area contributed by atoms with Crippen LogP contribution in [0, 0.1) is 0 Å². The van der Waals surface area contributed by atoms with Gasteiger partial charge < -0.3 is 10.6 Å². The molecular formula is C23H29N5. The summed E-state index contributed by atoms with van der Waals surface area (Å²) in [6, 6.07) is 21.4. The van der Waals surface area contributed by atoms with E-state index in [9.17, 15) is 0 Å². The number of nitrogens with one attached hydrogen (secondary N) is 2. The zero-order valence-electron chi connectivity index (χ0n) is 16.7. The van der Waals surface area contributed by atoms with E-state index in [0.717, 1.165) is 31.9 Å². The summed E-state index contributed by atoms with van der Waals surface area (Å²) in [5.74, 6) is 0.832. The number of aromatic nitrogens is 2. The Morgan fingerprint density at radius 2 is 1.82 bits per heavy atom. The lowest BCUT2D eigenvalue weighted by molar-refractivity contribution is 0.593. The van der Waals surface area contributed by atoms with E-state index in [0.29, 0.717) is 6.04 Å². The summed E-state index contributed by atoms with van der Waals surface area (Å²) in [7, 11) is 1.81. The zero-order valence-corrected chi connectivity index (χ0v) is 16.7. The number of aliphatic imine (C=N–C) groups is 1. The number of rotatable bonds is 8. The van der Waals surface area contributed by atoms with Crippen molar-refractivity contribution in [2.75, 3.05) is 7.05 Å². The van der Waals surface area contributed by atoms with Crippen LogP contribution in [0.4, 0.5) is 0 Å². The molecule has 1 atom stereocenters. The molecule has 5 nitrogen and oxygen atoms in total. The third-order valence-electron chi connectivity index (χ3n) is 4.67. The molecule has 0 aliphatic rings. The molecule has 0 radical (unpaired) electrons. The van der Waals surface area contributed by atoms with Gasteiger partial charge >= 0.3 is 0 Å². The summed E-state index contributed by atoms with van der Waals surface area (Å²) >= 11 is 0. The zero-order chi connectivity index (χ0) is 19.6. The van der Waals surface area contributed by atoms with Gasteiger partial charge in [0.2, 0.25) is 0 Å². The van der Waals surface area contributed by atoms with Crippen molar-refractivity contribution in [3.8, 4) is 0 Å². The molecule has 3 aromatic rings. The molecule has 28 heavy (non-hydrogen) atoms. The topological polar surface area (TPSA) is 54.2 Å². The van der Waals surface area contributed by atoms with Crippen LogP contribution < -0.4 is 10.6 Å². The van der Waals surface area contributed by atoms with Gasteiger partial charge in [-0.05, 0) is 42.5 Å². The molecule has 0 bridgehead atoms. The van der Waals surface area contributed by atoms with Crippen LogP contribution >= 0.6 is 0 Å². The largest absolute Gasteiger partial charge is 0.354 e. The molecule has 1 unspecified atom stereocenters. The SMILES string of the molecule is CN=C(NCc1cccc(Cn2cccn2)c1)NC(C)CCc1ccccc1. The molecular weight excluding hydrogens is 346 g/mol. The average Bonchev–Trinajstić information content (AvgIpc) is 3.23. The molecule has 0 saturated heterocycles. The number of hydrogen-bond acceptors (Lipinski definition) is 2. The highest BCUT2D eigenvalue weighted by molar-refractivity contribution is 5.79. The highest BCUT2D eigenvalue weighted by atomic mass is 15.3. The molecule has 0 amide bonds. The lowest BCUT2D eigenvalue weighted by Gasteiger charge is -2.18. The van der Waals surface area contributed by atoms with Gasteiger partial charge in [0, 0.05) is 32.0 Å². The predicted octanol–water partition coefficient (Wildman–Crippen LogP) is 3.62. The van der Waals surface area contributed by atoms with Crippen molar-refractivity contribution in [3.05, 3.63) is 89.7 Å². The molecule has 2 aromatic carbocycles. The second kappa shape index (κ2) is 10.3. The smallest absolute Gasteiger partial charge is 0.191 e. The van der Waals surface area contributed by atoms with Gasteiger partial charge in [-0.2, -0.15) is 5.10 Å². The summed E-state index contributed by atoms with van der Waals surface area (Å²) in [4.78, 5) is 4.36. The normalized spacial score (nSPS) is 12.6. The van der Waals surface area contributed by atoms with E-state index in [1.54, 1.807) is 6.20 Å². The van der Waals surface area contributed by atoms with Gasteiger partial charge in [0.05, 0.1) is 6.54 Å². The molecule has 5 heteroatoms. The van der Waals surface area contributed by atoms with Crippen LogP contribution in [-0.2, 0) is 19.5 Å². The molecule has 0 fully saturated rings. The summed E-state index contributed by atoms with van der Waals surface area (Å²) in [6.07, 6.45) is 5.90. The van der Waals surface area contributed by atoms with E-state index in [4.69, 9.17) is 0 Å². The first-order valence-corrected chi connectivity index (χ1v) is 9.79. The summed E-state index contributed by atoms with van der Waals surface area (Å²) in [6.45, 7) is 3.71. The first-order chi connectivity index (χ1) is 13.7. The maximum Gasteiger partial charge on any atom is 0.191 e. The fourth-order valence-corrected chi connectivity index (χ4v) is 3.13. The lowest BCUT2D eigenvalue weighted by Crippen LogP contribution is -2.42. The van der Waals surface area contributed by atoms with Crippen molar-refractivity contribution in [2.24, 2.45) is 4.99 Å². The predicted molar refractivity (Wildman–Crippen MR) is 115 cm³/mol. The van der Waals surface area contributed by atoms with E-state index < -0.39 is 0 Å². The molecule has 0 spiro atoms. The average molecular weight is 376 g/mol. The molecule has 0 aliphatic carbocycles. The highest BCUT2D eigenvalue weighted by Gasteiger charge is 2.06. The van der Waals surface area contributed by atoms with E-state index in [1.165, 1.54) is 16.7 Å². The minimum atomic E-state index is 0.345. The number of aryl methyl sites for hydroxylation is 1. The minimum absolute atomic E-state index is 0.345. The van der Waals surface area contributed by atoms with Gasteiger partial charge in [-0.3, -0.25) is 9.67 Å². The van der Waals surface area contributed by atoms with Crippen LogP contribution in [0.2, 0.25) is 0 Å². The molecule has 1 heterocycles.